The molecule has 2 unspecified atom stereocenters. The van der Waals surface area contributed by atoms with Crippen molar-refractivity contribution in [3.8, 4) is 5.75 Å². The van der Waals surface area contributed by atoms with Crippen LogP contribution < -0.4 is 10.1 Å². The second kappa shape index (κ2) is 9.39. The molecular formula is C24H26F2N4O. The lowest BCUT2D eigenvalue weighted by molar-refractivity contribution is 0.0723. The van der Waals surface area contributed by atoms with Gasteiger partial charge in [0, 0.05) is 24.4 Å². The zero-order valence-electron chi connectivity index (χ0n) is 17.7. The number of fused-ring (bicyclic) bond motifs is 1. The second-order valence-corrected chi connectivity index (χ2v) is 7.64. The maximum absolute atomic E-state index is 14.4. The summed E-state index contributed by atoms with van der Waals surface area (Å²) in [7, 11) is 0. The molecule has 1 aromatic carbocycles. The molecule has 2 atom stereocenters. The van der Waals surface area contributed by atoms with Crippen molar-refractivity contribution < 1.29 is 13.5 Å². The fourth-order valence-corrected chi connectivity index (χ4v) is 3.73. The summed E-state index contributed by atoms with van der Waals surface area (Å²) in [6, 6.07) is 8.51. The van der Waals surface area contributed by atoms with Gasteiger partial charge in [0.25, 0.3) is 0 Å². The lowest BCUT2D eigenvalue weighted by Gasteiger charge is -2.28. The van der Waals surface area contributed by atoms with E-state index in [4.69, 9.17) is 4.74 Å². The fourth-order valence-electron chi connectivity index (χ4n) is 3.73. The Hall–Kier alpha value is -3.06. The fraction of sp³-hybridized carbons (Fsp3) is 0.333. The molecule has 0 aliphatic carbocycles. The van der Waals surface area contributed by atoms with Gasteiger partial charge in [0.2, 0.25) is 0 Å². The predicted molar refractivity (Wildman–Crippen MR) is 118 cm³/mol. The standard InChI is InChI=1S/C24H26F2N4O/c1-3-6-17(24-29-28-23-7-4-5-12-30(23)24)8-9-18-13-19(25)14-22(16(18)2)31-21-10-11-27-15-20(21)26/h4-9,12-14,20-21,27H,3,10-11,15H2,1-2H3/b9-8-,17-6-. The number of ether oxygens (including phenoxy) is 1. The molecule has 0 bridgehead atoms. The number of allylic oxidation sites excluding steroid dienone is 3. The molecule has 1 aliphatic rings. The topological polar surface area (TPSA) is 51.5 Å². The summed E-state index contributed by atoms with van der Waals surface area (Å²) >= 11 is 0. The van der Waals surface area contributed by atoms with Crippen molar-refractivity contribution in [2.24, 2.45) is 0 Å². The minimum atomic E-state index is -1.12. The summed E-state index contributed by atoms with van der Waals surface area (Å²) in [4.78, 5) is 0. The van der Waals surface area contributed by atoms with E-state index in [0.717, 1.165) is 23.2 Å². The summed E-state index contributed by atoms with van der Waals surface area (Å²) in [6.07, 6.45) is 7.37. The summed E-state index contributed by atoms with van der Waals surface area (Å²) < 4.78 is 36.3. The van der Waals surface area contributed by atoms with Gasteiger partial charge in [-0.1, -0.05) is 31.2 Å². The second-order valence-electron chi connectivity index (χ2n) is 7.64. The van der Waals surface area contributed by atoms with Crippen LogP contribution in [0.5, 0.6) is 5.75 Å². The number of nitrogens with one attached hydrogen (secondary N) is 1. The largest absolute Gasteiger partial charge is 0.487 e. The molecule has 7 heteroatoms. The average molecular weight is 424 g/mol. The molecule has 1 fully saturated rings. The minimum Gasteiger partial charge on any atom is -0.487 e. The normalized spacial score (nSPS) is 19.9. The first kappa shape index (κ1) is 21.2. The smallest absolute Gasteiger partial charge is 0.168 e. The molecule has 1 saturated heterocycles. The molecule has 3 heterocycles. The first-order valence-electron chi connectivity index (χ1n) is 10.6. The molecule has 0 spiro atoms. The van der Waals surface area contributed by atoms with Crippen LogP contribution in [0.25, 0.3) is 17.3 Å². The van der Waals surface area contributed by atoms with E-state index in [1.165, 1.54) is 12.1 Å². The minimum absolute atomic E-state index is 0.253. The molecule has 0 amide bonds. The molecular weight excluding hydrogens is 398 g/mol. The highest BCUT2D eigenvalue weighted by atomic mass is 19.1. The van der Waals surface area contributed by atoms with E-state index in [2.05, 4.69) is 21.6 Å². The number of rotatable bonds is 6. The van der Waals surface area contributed by atoms with Gasteiger partial charge in [-0.25, -0.2) is 8.78 Å². The Labute approximate surface area is 180 Å². The van der Waals surface area contributed by atoms with Gasteiger partial charge in [0.15, 0.2) is 11.5 Å². The number of alkyl halides is 1. The van der Waals surface area contributed by atoms with Gasteiger partial charge in [0.05, 0.1) is 0 Å². The summed E-state index contributed by atoms with van der Waals surface area (Å²) in [6.45, 7) is 4.84. The molecule has 2 aromatic heterocycles. The molecule has 4 rings (SSSR count). The Morgan fingerprint density at radius 3 is 3.00 bits per heavy atom. The van der Waals surface area contributed by atoms with Crippen molar-refractivity contribution in [2.45, 2.75) is 39.0 Å². The maximum atomic E-state index is 14.4. The van der Waals surface area contributed by atoms with Crippen LogP contribution in [0, 0.1) is 12.7 Å². The molecule has 0 radical (unpaired) electrons. The van der Waals surface area contributed by atoms with Crippen LogP contribution >= 0.6 is 0 Å². The Morgan fingerprint density at radius 1 is 1.32 bits per heavy atom. The zero-order valence-corrected chi connectivity index (χ0v) is 17.7. The van der Waals surface area contributed by atoms with E-state index < -0.39 is 18.1 Å². The van der Waals surface area contributed by atoms with Crippen molar-refractivity contribution in [3.63, 3.8) is 0 Å². The molecule has 1 N–H and O–H groups in total. The molecule has 0 saturated carbocycles. The van der Waals surface area contributed by atoms with Crippen molar-refractivity contribution in [1.82, 2.24) is 19.9 Å². The maximum Gasteiger partial charge on any atom is 0.168 e. The Balaban J connectivity index is 1.64. The number of pyridine rings is 1. The number of benzene rings is 1. The number of hydrogen-bond acceptors (Lipinski definition) is 4. The monoisotopic (exact) mass is 424 g/mol. The van der Waals surface area contributed by atoms with Crippen LogP contribution in [0.4, 0.5) is 8.78 Å². The lowest BCUT2D eigenvalue weighted by Crippen LogP contribution is -2.44. The third kappa shape index (κ3) is 4.66. The number of aromatic nitrogens is 3. The van der Waals surface area contributed by atoms with Crippen LogP contribution in [0.1, 0.15) is 36.7 Å². The number of piperidine rings is 1. The zero-order chi connectivity index (χ0) is 21.8. The van der Waals surface area contributed by atoms with E-state index in [1.807, 2.05) is 54.8 Å². The first-order chi connectivity index (χ1) is 15.1. The van der Waals surface area contributed by atoms with E-state index in [1.54, 1.807) is 0 Å². The number of halogens is 2. The molecule has 1 aliphatic heterocycles. The first-order valence-corrected chi connectivity index (χ1v) is 10.6. The summed E-state index contributed by atoms with van der Waals surface area (Å²) in [5.41, 5.74) is 3.09. The van der Waals surface area contributed by atoms with E-state index in [0.29, 0.717) is 30.1 Å². The van der Waals surface area contributed by atoms with Crippen molar-refractivity contribution in [1.29, 1.82) is 0 Å². The van der Waals surface area contributed by atoms with Gasteiger partial charge in [-0.3, -0.25) is 4.40 Å². The van der Waals surface area contributed by atoms with Gasteiger partial charge in [0.1, 0.15) is 23.8 Å². The third-order valence-corrected chi connectivity index (χ3v) is 5.43. The van der Waals surface area contributed by atoms with E-state index in [9.17, 15) is 8.78 Å². The van der Waals surface area contributed by atoms with Crippen LogP contribution in [0.3, 0.4) is 0 Å². The molecule has 31 heavy (non-hydrogen) atoms. The van der Waals surface area contributed by atoms with Crippen molar-refractivity contribution >= 4 is 17.3 Å². The SMILES string of the molecule is CC/C=C(/C=C\c1cc(F)cc(OC2CCNCC2F)c1C)c1nnc2ccccn12. The van der Waals surface area contributed by atoms with Gasteiger partial charge < -0.3 is 10.1 Å². The Bertz CT molecular complexity index is 1120. The van der Waals surface area contributed by atoms with Crippen LogP contribution in [-0.4, -0.2) is 40.0 Å². The van der Waals surface area contributed by atoms with E-state index in [-0.39, 0.29) is 6.54 Å². The van der Waals surface area contributed by atoms with Crippen LogP contribution in [0.15, 0.2) is 48.7 Å². The van der Waals surface area contributed by atoms with Crippen molar-refractivity contribution in [2.75, 3.05) is 13.1 Å². The van der Waals surface area contributed by atoms with Crippen LogP contribution in [-0.2, 0) is 0 Å². The summed E-state index contributed by atoms with van der Waals surface area (Å²) in [5.74, 6) is 0.677. The lowest BCUT2D eigenvalue weighted by atomic mass is 10.0. The van der Waals surface area contributed by atoms with Gasteiger partial charge in [-0.15, -0.1) is 10.2 Å². The average Bonchev–Trinajstić information content (AvgIpc) is 3.19. The summed E-state index contributed by atoms with van der Waals surface area (Å²) in [5, 5.41) is 11.5. The highest BCUT2D eigenvalue weighted by molar-refractivity contribution is 5.77. The highest BCUT2D eigenvalue weighted by Crippen LogP contribution is 2.28. The quantitative estimate of drug-likeness (QED) is 0.580. The van der Waals surface area contributed by atoms with Gasteiger partial charge in [-0.2, -0.15) is 0 Å². The van der Waals surface area contributed by atoms with Gasteiger partial charge >= 0.3 is 0 Å². The van der Waals surface area contributed by atoms with E-state index >= 15 is 0 Å². The van der Waals surface area contributed by atoms with Crippen molar-refractivity contribution in [3.05, 3.63) is 71.4 Å². The predicted octanol–water partition coefficient (Wildman–Crippen LogP) is 4.76. The molecule has 3 aromatic rings. The Morgan fingerprint density at radius 2 is 2.19 bits per heavy atom. The van der Waals surface area contributed by atoms with Gasteiger partial charge in [-0.05, 0) is 55.6 Å². The van der Waals surface area contributed by atoms with Crippen LogP contribution in [0.2, 0.25) is 0 Å². The number of nitrogens with zero attached hydrogens (tertiary/aromatic N) is 3. The number of hydrogen-bond donors (Lipinski definition) is 1. The molecule has 162 valence electrons. The third-order valence-electron chi connectivity index (χ3n) is 5.43. The Kier molecular flexibility index (Phi) is 6.42. The highest BCUT2D eigenvalue weighted by Gasteiger charge is 2.27. The molecule has 5 nitrogen and oxygen atoms in total.